The average Bonchev–Trinajstić information content (AvgIpc) is 2.89. The first kappa shape index (κ1) is 14.7. The number of Topliss-reactive ketones (excluding diaryl/α,β-unsaturated/α-hetero) is 1. The molecule has 0 aliphatic carbocycles. The van der Waals surface area contributed by atoms with Gasteiger partial charge in [-0.2, -0.15) is 0 Å². The number of ether oxygens (including phenoxy) is 1. The Morgan fingerprint density at radius 1 is 1.38 bits per heavy atom. The highest BCUT2D eigenvalue weighted by Crippen LogP contribution is 2.21. The summed E-state index contributed by atoms with van der Waals surface area (Å²) in [5.74, 6) is -0.553. The molecule has 7 nitrogen and oxygen atoms in total. The maximum atomic E-state index is 11.5. The zero-order valence-corrected chi connectivity index (χ0v) is 11.7. The second kappa shape index (κ2) is 6.17. The minimum atomic E-state index is -1.14. The number of aromatic nitrogens is 3. The summed E-state index contributed by atoms with van der Waals surface area (Å²) < 4.78 is 6.90. The van der Waals surface area contributed by atoms with Crippen LogP contribution >= 0.6 is 0 Å². The zero-order valence-electron chi connectivity index (χ0n) is 11.7. The molecule has 110 valence electrons. The van der Waals surface area contributed by atoms with E-state index in [0.717, 1.165) is 5.56 Å². The van der Waals surface area contributed by atoms with Gasteiger partial charge >= 0.3 is 5.97 Å². The molecule has 1 heterocycles. The van der Waals surface area contributed by atoms with Gasteiger partial charge in [0.15, 0.2) is 11.5 Å². The van der Waals surface area contributed by atoms with Crippen LogP contribution < -0.4 is 4.74 Å². The number of ketones is 1. The summed E-state index contributed by atoms with van der Waals surface area (Å²) in [7, 11) is 0. The first-order valence-corrected chi connectivity index (χ1v) is 6.41. The SMILES string of the molecule is CCOc1ccc(C(C)=O)cc1Cn1cc(C(=O)O)nn1. The molecule has 1 N–H and O–H groups in total. The molecule has 0 fully saturated rings. The Balaban J connectivity index is 2.32. The van der Waals surface area contributed by atoms with Gasteiger partial charge in [-0.1, -0.05) is 5.21 Å². The summed E-state index contributed by atoms with van der Waals surface area (Å²) >= 11 is 0. The lowest BCUT2D eigenvalue weighted by Gasteiger charge is -2.11. The van der Waals surface area contributed by atoms with E-state index in [1.54, 1.807) is 18.2 Å². The Bertz CT molecular complexity index is 679. The molecular formula is C14H15N3O4. The van der Waals surface area contributed by atoms with Crippen molar-refractivity contribution < 1.29 is 19.4 Å². The monoisotopic (exact) mass is 289 g/mol. The number of hydrogen-bond donors (Lipinski definition) is 1. The number of nitrogens with zero attached hydrogens (tertiary/aromatic N) is 3. The van der Waals surface area contributed by atoms with Gasteiger partial charge in [-0.3, -0.25) is 4.79 Å². The van der Waals surface area contributed by atoms with Gasteiger partial charge in [0.1, 0.15) is 5.75 Å². The van der Waals surface area contributed by atoms with Crippen molar-refractivity contribution in [3.05, 3.63) is 41.2 Å². The Morgan fingerprint density at radius 3 is 2.71 bits per heavy atom. The minimum Gasteiger partial charge on any atom is -0.494 e. The van der Waals surface area contributed by atoms with Crippen molar-refractivity contribution in [1.29, 1.82) is 0 Å². The summed E-state index contributed by atoms with van der Waals surface area (Å²) in [6.45, 7) is 4.11. The van der Waals surface area contributed by atoms with Gasteiger partial charge in [0.2, 0.25) is 0 Å². The van der Waals surface area contributed by atoms with Gasteiger partial charge in [0, 0.05) is 11.1 Å². The maximum Gasteiger partial charge on any atom is 0.358 e. The van der Waals surface area contributed by atoms with Crippen molar-refractivity contribution in [3.8, 4) is 5.75 Å². The van der Waals surface area contributed by atoms with E-state index in [1.807, 2.05) is 6.92 Å². The Kier molecular flexibility index (Phi) is 4.32. The summed E-state index contributed by atoms with van der Waals surface area (Å²) in [4.78, 5) is 22.3. The van der Waals surface area contributed by atoms with Crippen LogP contribution in [0.5, 0.6) is 5.75 Å². The molecule has 0 aliphatic heterocycles. The van der Waals surface area contributed by atoms with Crippen molar-refractivity contribution in [1.82, 2.24) is 15.0 Å². The number of carbonyl (C=O) groups is 2. The van der Waals surface area contributed by atoms with Crippen LogP contribution in [-0.2, 0) is 6.54 Å². The third-order valence-corrected chi connectivity index (χ3v) is 2.86. The van der Waals surface area contributed by atoms with Crippen molar-refractivity contribution in [2.45, 2.75) is 20.4 Å². The molecule has 0 saturated heterocycles. The minimum absolute atomic E-state index is 0.0517. The summed E-state index contributed by atoms with van der Waals surface area (Å²) in [6, 6.07) is 5.14. The van der Waals surface area contributed by atoms with E-state index in [9.17, 15) is 9.59 Å². The third-order valence-electron chi connectivity index (χ3n) is 2.86. The summed E-state index contributed by atoms with van der Waals surface area (Å²) in [5, 5.41) is 16.1. The van der Waals surface area contributed by atoms with Gasteiger partial charge in [0.25, 0.3) is 0 Å². The fourth-order valence-electron chi connectivity index (χ4n) is 1.87. The second-order valence-corrected chi connectivity index (χ2v) is 4.42. The number of hydrogen-bond acceptors (Lipinski definition) is 5. The van der Waals surface area contributed by atoms with Crippen LogP contribution in [0.25, 0.3) is 0 Å². The number of carboxylic acids is 1. The van der Waals surface area contributed by atoms with Crippen LogP contribution in [0.2, 0.25) is 0 Å². The normalized spacial score (nSPS) is 10.4. The van der Waals surface area contributed by atoms with Crippen LogP contribution in [0.15, 0.2) is 24.4 Å². The van der Waals surface area contributed by atoms with Gasteiger partial charge in [-0.05, 0) is 32.0 Å². The van der Waals surface area contributed by atoms with Gasteiger partial charge in [-0.15, -0.1) is 5.10 Å². The molecular weight excluding hydrogens is 274 g/mol. The van der Waals surface area contributed by atoms with E-state index in [-0.39, 0.29) is 18.0 Å². The Hall–Kier alpha value is -2.70. The number of carbonyl (C=O) groups excluding carboxylic acids is 1. The van der Waals surface area contributed by atoms with Crippen LogP contribution in [0.1, 0.15) is 40.3 Å². The highest BCUT2D eigenvalue weighted by atomic mass is 16.5. The molecule has 0 aliphatic rings. The molecule has 1 aromatic carbocycles. The molecule has 0 amide bonds. The van der Waals surface area contributed by atoms with Crippen molar-refractivity contribution in [3.63, 3.8) is 0 Å². The van der Waals surface area contributed by atoms with Crippen molar-refractivity contribution in [2.24, 2.45) is 0 Å². The largest absolute Gasteiger partial charge is 0.494 e. The lowest BCUT2D eigenvalue weighted by atomic mass is 10.1. The van der Waals surface area contributed by atoms with Gasteiger partial charge in [-0.25, -0.2) is 9.48 Å². The third kappa shape index (κ3) is 3.44. The van der Waals surface area contributed by atoms with Crippen LogP contribution in [0, 0.1) is 0 Å². The summed E-state index contributed by atoms with van der Waals surface area (Å²) in [5.41, 5.74) is 1.18. The fourth-order valence-corrected chi connectivity index (χ4v) is 1.87. The lowest BCUT2D eigenvalue weighted by molar-refractivity contribution is 0.0690. The summed E-state index contributed by atoms with van der Waals surface area (Å²) in [6.07, 6.45) is 1.33. The quantitative estimate of drug-likeness (QED) is 0.812. The predicted molar refractivity (Wildman–Crippen MR) is 73.7 cm³/mol. The number of carboxylic acid groups (broad SMARTS) is 1. The van der Waals surface area contributed by atoms with E-state index in [1.165, 1.54) is 17.8 Å². The van der Waals surface area contributed by atoms with E-state index in [2.05, 4.69) is 10.3 Å². The first-order chi connectivity index (χ1) is 10.0. The van der Waals surface area contributed by atoms with Gasteiger partial charge < -0.3 is 9.84 Å². The molecule has 0 radical (unpaired) electrons. The molecule has 0 atom stereocenters. The topological polar surface area (TPSA) is 94.3 Å². The molecule has 0 spiro atoms. The average molecular weight is 289 g/mol. The molecule has 0 unspecified atom stereocenters. The fraction of sp³-hybridized carbons (Fsp3) is 0.286. The molecule has 0 bridgehead atoms. The molecule has 2 rings (SSSR count). The Labute approximate surface area is 121 Å². The zero-order chi connectivity index (χ0) is 15.4. The van der Waals surface area contributed by atoms with Crippen LogP contribution in [0.4, 0.5) is 0 Å². The highest BCUT2D eigenvalue weighted by molar-refractivity contribution is 5.94. The molecule has 1 aromatic heterocycles. The predicted octanol–water partition coefficient (Wildman–Crippen LogP) is 1.63. The molecule has 21 heavy (non-hydrogen) atoms. The highest BCUT2D eigenvalue weighted by Gasteiger charge is 2.12. The first-order valence-electron chi connectivity index (χ1n) is 6.41. The van der Waals surface area contributed by atoms with E-state index >= 15 is 0 Å². The van der Waals surface area contributed by atoms with Crippen LogP contribution in [0.3, 0.4) is 0 Å². The number of benzene rings is 1. The van der Waals surface area contributed by atoms with Crippen molar-refractivity contribution >= 4 is 11.8 Å². The van der Waals surface area contributed by atoms with E-state index in [0.29, 0.717) is 17.9 Å². The standard InChI is InChI=1S/C14H15N3O4/c1-3-21-13-5-4-10(9(2)18)6-11(13)7-17-8-12(14(19)20)15-16-17/h4-6,8H,3,7H2,1-2H3,(H,19,20). The maximum absolute atomic E-state index is 11.5. The Morgan fingerprint density at radius 2 is 2.14 bits per heavy atom. The van der Waals surface area contributed by atoms with Gasteiger partial charge in [0.05, 0.1) is 19.3 Å². The second-order valence-electron chi connectivity index (χ2n) is 4.42. The lowest BCUT2D eigenvalue weighted by Crippen LogP contribution is -2.06. The smallest absolute Gasteiger partial charge is 0.358 e. The van der Waals surface area contributed by atoms with E-state index < -0.39 is 5.97 Å². The van der Waals surface area contributed by atoms with Crippen LogP contribution in [-0.4, -0.2) is 38.5 Å². The molecule has 7 heteroatoms. The van der Waals surface area contributed by atoms with E-state index in [4.69, 9.17) is 9.84 Å². The number of rotatable bonds is 6. The molecule has 2 aromatic rings. The van der Waals surface area contributed by atoms with Crippen molar-refractivity contribution in [2.75, 3.05) is 6.61 Å². The number of aromatic carboxylic acids is 1. The molecule has 0 saturated carbocycles.